The summed E-state index contributed by atoms with van der Waals surface area (Å²) in [5, 5.41) is 9.05. The zero-order chi connectivity index (χ0) is 20.9. The number of hydrogen-bond donors (Lipinski definition) is 1. The molecule has 0 unspecified atom stereocenters. The Morgan fingerprint density at radius 2 is 1.75 bits per heavy atom. The van der Waals surface area contributed by atoms with E-state index in [4.69, 9.17) is 9.84 Å². The minimum absolute atomic E-state index is 0.207. The van der Waals surface area contributed by atoms with Crippen molar-refractivity contribution in [3.63, 3.8) is 0 Å². The fraction of sp³-hybridized carbons (Fsp3) is 0.263. The number of halogens is 4. The van der Waals surface area contributed by atoms with Crippen LogP contribution >= 0.6 is 0 Å². The van der Waals surface area contributed by atoms with Gasteiger partial charge in [0.25, 0.3) is 0 Å². The third-order valence-corrected chi connectivity index (χ3v) is 3.92. The Morgan fingerprint density at radius 3 is 2.29 bits per heavy atom. The van der Waals surface area contributed by atoms with Crippen LogP contribution in [0.1, 0.15) is 16.7 Å². The van der Waals surface area contributed by atoms with E-state index in [-0.39, 0.29) is 24.3 Å². The summed E-state index contributed by atoms with van der Waals surface area (Å²) in [5.41, 5.74) is -0.291. The van der Waals surface area contributed by atoms with Crippen LogP contribution in [-0.2, 0) is 28.7 Å². The predicted octanol–water partition coefficient (Wildman–Crippen LogP) is 3.51. The van der Waals surface area contributed by atoms with Gasteiger partial charge in [0.15, 0.2) is 0 Å². The second kappa shape index (κ2) is 8.73. The van der Waals surface area contributed by atoms with Gasteiger partial charge in [0.2, 0.25) is 5.91 Å². The Morgan fingerprint density at radius 1 is 1.11 bits per heavy atom. The van der Waals surface area contributed by atoms with E-state index in [9.17, 15) is 27.2 Å². The van der Waals surface area contributed by atoms with Crippen LogP contribution in [0, 0.1) is 5.82 Å². The number of rotatable bonds is 7. The molecule has 0 heterocycles. The molecule has 0 radical (unpaired) electrons. The highest BCUT2D eigenvalue weighted by atomic mass is 19.4. The van der Waals surface area contributed by atoms with Crippen molar-refractivity contribution >= 4 is 11.9 Å². The van der Waals surface area contributed by atoms with Crippen LogP contribution in [0.25, 0.3) is 0 Å². The molecule has 150 valence electrons. The van der Waals surface area contributed by atoms with Crippen molar-refractivity contribution in [1.29, 1.82) is 0 Å². The number of amides is 1. The molecule has 0 aliphatic rings. The van der Waals surface area contributed by atoms with Gasteiger partial charge in [-0.25, -0.2) is 4.39 Å². The minimum atomic E-state index is -4.50. The van der Waals surface area contributed by atoms with Crippen LogP contribution in [0.15, 0.2) is 42.5 Å². The van der Waals surface area contributed by atoms with Crippen molar-refractivity contribution in [2.24, 2.45) is 0 Å². The quantitative estimate of drug-likeness (QED) is 0.724. The number of alkyl halides is 3. The smallest absolute Gasteiger partial charge is 0.416 e. The van der Waals surface area contributed by atoms with E-state index >= 15 is 0 Å². The number of nitrogens with zero attached hydrogens (tertiary/aromatic N) is 1. The van der Waals surface area contributed by atoms with Gasteiger partial charge in [0.05, 0.1) is 19.1 Å². The molecule has 0 aliphatic carbocycles. The molecular formula is C19H17F4NO4. The summed E-state index contributed by atoms with van der Waals surface area (Å²) < 4.78 is 56.5. The first-order chi connectivity index (χ1) is 13.1. The molecule has 2 aromatic rings. The van der Waals surface area contributed by atoms with Gasteiger partial charge in [-0.1, -0.05) is 12.1 Å². The number of carboxylic acid groups (broad SMARTS) is 1. The van der Waals surface area contributed by atoms with E-state index in [2.05, 4.69) is 0 Å². The highest BCUT2D eigenvalue weighted by Crippen LogP contribution is 2.29. The molecular weight excluding hydrogens is 382 g/mol. The van der Waals surface area contributed by atoms with Gasteiger partial charge in [0.1, 0.15) is 18.1 Å². The van der Waals surface area contributed by atoms with Gasteiger partial charge in [-0.05, 0) is 35.9 Å². The maximum absolute atomic E-state index is 13.5. The summed E-state index contributed by atoms with van der Waals surface area (Å²) in [5.74, 6) is -2.24. The molecule has 2 rings (SSSR count). The van der Waals surface area contributed by atoms with Gasteiger partial charge in [-0.3, -0.25) is 9.59 Å². The average Bonchev–Trinajstić information content (AvgIpc) is 2.60. The van der Waals surface area contributed by atoms with Crippen molar-refractivity contribution < 1.29 is 37.0 Å². The second-order valence-electron chi connectivity index (χ2n) is 5.97. The van der Waals surface area contributed by atoms with E-state index in [1.165, 1.54) is 25.3 Å². The molecule has 1 N–H and O–H groups in total. The third-order valence-electron chi connectivity index (χ3n) is 3.92. The summed E-state index contributed by atoms with van der Waals surface area (Å²) >= 11 is 0. The molecule has 0 saturated heterocycles. The number of aliphatic carboxylic acids is 1. The van der Waals surface area contributed by atoms with Gasteiger partial charge in [0, 0.05) is 12.1 Å². The van der Waals surface area contributed by atoms with Crippen molar-refractivity contribution in [3.05, 3.63) is 65.0 Å². The van der Waals surface area contributed by atoms with Crippen LogP contribution in [0.2, 0.25) is 0 Å². The number of ether oxygens (including phenoxy) is 1. The molecule has 0 aliphatic heterocycles. The molecule has 0 spiro atoms. The average molecular weight is 399 g/mol. The zero-order valence-corrected chi connectivity index (χ0v) is 14.8. The standard InChI is InChI=1S/C19H17F4NO4/c1-28-16-7-6-15(20)8-13(16)9-17(25)24(11-18(26)27)10-12-2-4-14(5-3-12)19(21,22)23/h2-8H,9-11H2,1H3,(H,26,27). The third kappa shape index (κ3) is 5.70. The van der Waals surface area contributed by atoms with E-state index in [0.717, 1.165) is 29.2 Å². The summed E-state index contributed by atoms with van der Waals surface area (Å²) in [6, 6.07) is 7.66. The van der Waals surface area contributed by atoms with Crippen molar-refractivity contribution in [2.45, 2.75) is 19.1 Å². The number of carbonyl (C=O) groups is 2. The number of benzene rings is 2. The lowest BCUT2D eigenvalue weighted by Gasteiger charge is -2.22. The van der Waals surface area contributed by atoms with E-state index in [1.807, 2.05) is 0 Å². The van der Waals surface area contributed by atoms with Crippen LogP contribution in [0.3, 0.4) is 0 Å². The van der Waals surface area contributed by atoms with Crippen LogP contribution in [0.4, 0.5) is 17.6 Å². The Kier molecular flexibility index (Phi) is 6.61. The molecule has 28 heavy (non-hydrogen) atoms. The van der Waals surface area contributed by atoms with E-state index in [0.29, 0.717) is 5.56 Å². The minimum Gasteiger partial charge on any atom is -0.496 e. The predicted molar refractivity (Wildman–Crippen MR) is 91.2 cm³/mol. The Balaban J connectivity index is 2.20. The Labute approximate surface area is 158 Å². The normalized spacial score (nSPS) is 11.2. The molecule has 9 heteroatoms. The maximum Gasteiger partial charge on any atom is 0.416 e. The zero-order valence-electron chi connectivity index (χ0n) is 14.8. The molecule has 0 aromatic heterocycles. The van der Waals surface area contributed by atoms with E-state index in [1.54, 1.807) is 0 Å². The fourth-order valence-corrected chi connectivity index (χ4v) is 2.58. The van der Waals surface area contributed by atoms with E-state index < -0.39 is 36.0 Å². The van der Waals surface area contributed by atoms with Crippen LogP contribution in [0.5, 0.6) is 5.75 Å². The molecule has 0 atom stereocenters. The van der Waals surface area contributed by atoms with Crippen molar-refractivity contribution in [2.75, 3.05) is 13.7 Å². The summed E-state index contributed by atoms with van der Waals surface area (Å²) in [6.45, 7) is -0.863. The molecule has 5 nitrogen and oxygen atoms in total. The highest BCUT2D eigenvalue weighted by molar-refractivity contribution is 5.83. The number of carbonyl (C=O) groups excluding carboxylic acids is 1. The first kappa shape index (κ1) is 21.2. The van der Waals surface area contributed by atoms with Crippen LogP contribution < -0.4 is 4.74 Å². The first-order valence-electron chi connectivity index (χ1n) is 8.08. The summed E-state index contributed by atoms with van der Waals surface area (Å²) in [4.78, 5) is 24.6. The lowest BCUT2D eigenvalue weighted by Crippen LogP contribution is -2.36. The molecule has 0 saturated carbocycles. The molecule has 2 aromatic carbocycles. The highest BCUT2D eigenvalue weighted by Gasteiger charge is 2.30. The molecule has 0 fully saturated rings. The van der Waals surface area contributed by atoms with Crippen LogP contribution in [-0.4, -0.2) is 35.5 Å². The number of methoxy groups -OCH3 is 1. The summed E-state index contributed by atoms with van der Waals surface area (Å²) in [6.07, 6.45) is -4.82. The topological polar surface area (TPSA) is 66.8 Å². The SMILES string of the molecule is COc1ccc(F)cc1CC(=O)N(CC(=O)O)Cc1ccc(C(F)(F)F)cc1. The maximum atomic E-state index is 13.5. The fourth-order valence-electron chi connectivity index (χ4n) is 2.58. The lowest BCUT2D eigenvalue weighted by atomic mass is 10.1. The second-order valence-corrected chi connectivity index (χ2v) is 5.97. The largest absolute Gasteiger partial charge is 0.496 e. The van der Waals surface area contributed by atoms with Gasteiger partial charge in [-0.15, -0.1) is 0 Å². The monoisotopic (exact) mass is 399 g/mol. The van der Waals surface area contributed by atoms with Crippen molar-refractivity contribution in [3.8, 4) is 5.75 Å². The van der Waals surface area contributed by atoms with Gasteiger partial charge >= 0.3 is 12.1 Å². The molecule has 0 bridgehead atoms. The summed E-state index contributed by atoms with van der Waals surface area (Å²) in [7, 11) is 1.35. The number of carboxylic acids is 1. The Hall–Kier alpha value is -3.10. The molecule has 1 amide bonds. The van der Waals surface area contributed by atoms with Gasteiger partial charge < -0.3 is 14.7 Å². The number of hydrogen-bond acceptors (Lipinski definition) is 3. The lowest BCUT2D eigenvalue weighted by molar-refractivity contribution is -0.144. The van der Waals surface area contributed by atoms with Crippen molar-refractivity contribution in [1.82, 2.24) is 4.90 Å². The van der Waals surface area contributed by atoms with Gasteiger partial charge in [-0.2, -0.15) is 13.2 Å². The first-order valence-corrected chi connectivity index (χ1v) is 8.08. The Bertz CT molecular complexity index is 850.